The number of carbonyl (C=O) groups is 1. The molecule has 1 aromatic heterocycles. The van der Waals surface area contributed by atoms with Gasteiger partial charge in [-0.2, -0.15) is 15.0 Å². The molecule has 0 unspecified atom stereocenters. The number of aliphatic hydroxyl groups is 1. The molecule has 5 rings (SSSR count). The van der Waals surface area contributed by atoms with Crippen LogP contribution in [0.4, 0.5) is 0 Å². The normalized spacial score (nSPS) is 45.0. The number of ketones is 1. The number of rotatable bonds is 3. The van der Waals surface area contributed by atoms with Gasteiger partial charge >= 0.3 is 0 Å². The van der Waals surface area contributed by atoms with Gasteiger partial charge in [-0.1, -0.05) is 18.6 Å². The Morgan fingerprint density at radius 3 is 2.71 bits per heavy atom. The number of hydrogen-bond acceptors (Lipinski definition) is 4. The fraction of sp³-hybridized carbons (Fsp3) is 0.783. The summed E-state index contributed by atoms with van der Waals surface area (Å²) in [4.78, 5) is 14.6. The van der Waals surface area contributed by atoms with Crippen LogP contribution in [0.1, 0.15) is 65.2 Å². The van der Waals surface area contributed by atoms with E-state index in [1.165, 1.54) is 29.6 Å². The molecular weight excluding hydrogens is 350 g/mol. The second-order valence-corrected chi connectivity index (χ2v) is 10.5. The molecule has 152 valence electrons. The molecule has 4 aliphatic rings. The van der Waals surface area contributed by atoms with Crippen molar-refractivity contribution in [3.8, 4) is 0 Å². The van der Waals surface area contributed by atoms with Crippen LogP contribution in [0.2, 0.25) is 0 Å². The van der Waals surface area contributed by atoms with Crippen molar-refractivity contribution in [3.05, 3.63) is 24.0 Å². The van der Waals surface area contributed by atoms with E-state index in [4.69, 9.17) is 0 Å². The smallest absolute Gasteiger partial charge is 0.159 e. The summed E-state index contributed by atoms with van der Waals surface area (Å²) >= 11 is 0. The van der Waals surface area contributed by atoms with Gasteiger partial charge in [0.15, 0.2) is 5.78 Å². The van der Waals surface area contributed by atoms with Crippen molar-refractivity contribution in [2.24, 2.45) is 35.0 Å². The summed E-state index contributed by atoms with van der Waals surface area (Å²) in [6.07, 6.45) is 14.5. The Bertz CT molecular complexity index is 784. The molecule has 3 saturated carbocycles. The lowest BCUT2D eigenvalue weighted by atomic mass is 9.51. The quantitative estimate of drug-likeness (QED) is 0.807. The summed E-state index contributed by atoms with van der Waals surface area (Å²) in [5, 5.41) is 18.8. The SMILES string of the molecule is C[C@@]1(O)CC[C@H]2C(=CC[C@@H]3[C@@H]2CC[C@]2(C)[C@@H](C(=O)Cn4nccn4)CC[C@@H]32)C1. The zero-order valence-electron chi connectivity index (χ0n) is 17.2. The monoisotopic (exact) mass is 383 g/mol. The highest BCUT2D eigenvalue weighted by Gasteiger charge is 2.57. The van der Waals surface area contributed by atoms with Crippen molar-refractivity contribution >= 4 is 5.78 Å². The van der Waals surface area contributed by atoms with Crippen LogP contribution in [-0.4, -0.2) is 31.5 Å². The first kappa shape index (κ1) is 18.5. The summed E-state index contributed by atoms with van der Waals surface area (Å²) in [5.41, 5.74) is 1.15. The molecule has 1 aromatic rings. The van der Waals surface area contributed by atoms with Crippen LogP contribution in [0.15, 0.2) is 24.0 Å². The van der Waals surface area contributed by atoms with Gasteiger partial charge < -0.3 is 5.11 Å². The topological polar surface area (TPSA) is 68.0 Å². The van der Waals surface area contributed by atoms with Crippen LogP contribution in [-0.2, 0) is 11.3 Å². The third kappa shape index (κ3) is 2.89. The lowest BCUT2D eigenvalue weighted by Gasteiger charge is -2.54. The van der Waals surface area contributed by atoms with Gasteiger partial charge in [-0.05, 0) is 87.4 Å². The van der Waals surface area contributed by atoms with Gasteiger partial charge in [0.1, 0.15) is 6.54 Å². The maximum Gasteiger partial charge on any atom is 0.159 e. The average molecular weight is 384 g/mol. The number of hydrogen-bond donors (Lipinski definition) is 1. The Balaban J connectivity index is 1.35. The average Bonchev–Trinajstić information content (AvgIpc) is 3.27. The summed E-state index contributed by atoms with van der Waals surface area (Å²) in [5.74, 6) is 3.28. The van der Waals surface area contributed by atoms with E-state index in [1.54, 1.807) is 12.4 Å². The molecule has 0 amide bonds. The van der Waals surface area contributed by atoms with Gasteiger partial charge in [0.05, 0.1) is 18.0 Å². The van der Waals surface area contributed by atoms with Crippen molar-refractivity contribution in [2.45, 2.75) is 77.4 Å². The minimum Gasteiger partial charge on any atom is -0.390 e. The minimum atomic E-state index is -0.510. The molecular formula is C23H33N3O2. The van der Waals surface area contributed by atoms with Crippen LogP contribution in [0.3, 0.4) is 0 Å². The van der Waals surface area contributed by atoms with Crippen LogP contribution in [0.5, 0.6) is 0 Å². The number of Topliss-reactive ketones (excluding diaryl/α,β-unsaturated/α-hetero) is 1. The Kier molecular flexibility index (Phi) is 4.31. The molecule has 0 aliphatic heterocycles. The lowest BCUT2D eigenvalue weighted by Crippen LogP contribution is -2.48. The number of allylic oxidation sites excluding steroid dienone is 1. The molecule has 3 fully saturated rings. The summed E-state index contributed by atoms with van der Waals surface area (Å²) in [6, 6.07) is 0. The van der Waals surface area contributed by atoms with E-state index in [2.05, 4.69) is 23.2 Å². The molecule has 0 radical (unpaired) electrons. The second kappa shape index (κ2) is 6.51. The maximum atomic E-state index is 13.1. The van der Waals surface area contributed by atoms with E-state index < -0.39 is 5.60 Å². The fourth-order valence-corrected chi connectivity index (χ4v) is 7.57. The van der Waals surface area contributed by atoms with Crippen LogP contribution in [0, 0.1) is 35.0 Å². The molecule has 1 N–H and O–H groups in total. The lowest BCUT2D eigenvalue weighted by molar-refractivity contribution is -0.130. The Labute approximate surface area is 167 Å². The number of aromatic nitrogens is 3. The Morgan fingerprint density at radius 2 is 1.93 bits per heavy atom. The van der Waals surface area contributed by atoms with Gasteiger partial charge in [-0.3, -0.25) is 4.79 Å². The molecule has 0 bridgehead atoms. The van der Waals surface area contributed by atoms with Crippen molar-refractivity contribution in [1.29, 1.82) is 0 Å². The Hall–Kier alpha value is -1.49. The first-order chi connectivity index (χ1) is 13.4. The number of fused-ring (bicyclic) bond motifs is 5. The van der Waals surface area contributed by atoms with Crippen molar-refractivity contribution in [1.82, 2.24) is 15.0 Å². The van der Waals surface area contributed by atoms with E-state index >= 15 is 0 Å². The highest BCUT2D eigenvalue weighted by Crippen LogP contribution is 2.63. The third-order valence-electron chi connectivity index (χ3n) is 8.87. The zero-order valence-corrected chi connectivity index (χ0v) is 17.2. The second-order valence-electron chi connectivity index (χ2n) is 10.5. The molecule has 5 heteroatoms. The highest BCUT2D eigenvalue weighted by molar-refractivity contribution is 5.82. The zero-order chi connectivity index (χ0) is 19.5. The van der Waals surface area contributed by atoms with E-state index in [1.807, 2.05) is 6.92 Å². The van der Waals surface area contributed by atoms with Gasteiger partial charge in [-0.25, -0.2) is 0 Å². The van der Waals surface area contributed by atoms with E-state index in [0.717, 1.165) is 43.9 Å². The molecule has 0 aromatic carbocycles. The fourth-order valence-electron chi connectivity index (χ4n) is 7.57. The van der Waals surface area contributed by atoms with Gasteiger partial charge in [0.25, 0.3) is 0 Å². The van der Waals surface area contributed by atoms with Crippen molar-refractivity contribution < 1.29 is 9.90 Å². The third-order valence-corrected chi connectivity index (χ3v) is 8.87. The first-order valence-electron chi connectivity index (χ1n) is 11.2. The number of nitrogens with zero attached hydrogens (tertiary/aromatic N) is 3. The summed E-state index contributed by atoms with van der Waals surface area (Å²) in [6.45, 7) is 4.70. The predicted molar refractivity (Wildman–Crippen MR) is 106 cm³/mol. The van der Waals surface area contributed by atoms with Crippen LogP contribution in [0.25, 0.3) is 0 Å². The van der Waals surface area contributed by atoms with Crippen LogP contribution >= 0.6 is 0 Å². The van der Waals surface area contributed by atoms with Gasteiger partial charge in [0.2, 0.25) is 0 Å². The highest BCUT2D eigenvalue weighted by atomic mass is 16.3. The Morgan fingerprint density at radius 1 is 1.14 bits per heavy atom. The largest absolute Gasteiger partial charge is 0.390 e. The van der Waals surface area contributed by atoms with Crippen LogP contribution < -0.4 is 0 Å². The number of carbonyl (C=O) groups excluding carboxylic acids is 1. The molecule has 4 aliphatic carbocycles. The summed E-state index contributed by atoms with van der Waals surface area (Å²) in [7, 11) is 0. The molecule has 0 saturated heterocycles. The predicted octanol–water partition coefficient (Wildman–Crippen LogP) is 3.79. The molecule has 1 heterocycles. The molecule has 5 nitrogen and oxygen atoms in total. The minimum absolute atomic E-state index is 0.136. The van der Waals surface area contributed by atoms with Gasteiger partial charge in [0, 0.05) is 5.92 Å². The maximum absolute atomic E-state index is 13.1. The van der Waals surface area contributed by atoms with E-state index in [9.17, 15) is 9.90 Å². The van der Waals surface area contributed by atoms with Crippen molar-refractivity contribution in [3.63, 3.8) is 0 Å². The standard InChI is InChI=1S/C23H33N3O2/c1-22(28)9-7-16-15(13-22)3-4-18-17(16)8-10-23(2)19(18)5-6-20(23)21(27)14-26-24-11-12-25-26/h3,11-12,16-20,28H,4-10,13-14H2,1-2H3/t16-,17+,18+,19-,20+,22+,23-/m0/s1. The van der Waals surface area contributed by atoms with E-state index in [0.29, 0.717) is 24.2 Å². The first-order valence-corrected chi connectivity index (χ1v) is 11.2. The summed E-state index contributed by atoms with van der Waals surface area (Å²) < 4.78 is 0. The molecule has 28 heavy (non-hydrogen) atoms. The van der Waals surface area contributed by atoms with Gasteiger partial charge in [-0.15, -0.1) is 0 Å². The van der Waals surface area contributed by atoms with Crippen molar-refractivity contribution in [2.75, 3.05) is 0 Å². The van der Waals surface area contributed by atoms with E-state index in [-0.39, 0.29) is 11.3 Å². The molecule has 7 atom stereocenters. The molecule has 0 spiro atoms.